The maximum absolute atomic E-state index is 12.6. The number of rotatable bonds is 7. The van der Waals surface area contributed by atoms with E-state index in [2.05, 4.69) is 30.6 Å². The van der Waals surface area contributed by atoms with Crippen molar-refractivity contribution >= 4 is 17.2 Å². The second-order valence-electron chi connectivity index (χ2n) is 7.38. The molecular formula is C23H21N9O. The zero-order valence-corrected chi connectivity index (χ0v) is 17.9. The number of hydrogen-bond acceptors (Lipinski definition) is 7. The highest BCUT2D eigenvalue weighted by molar-refractivity contribution is 5.92. The summed E-state index contributed by atoms with van der Waals surface area (Å²) < 4.78 is 3.69. The van der Waals surface area contributed by atoms with Gasteiger partial charge in [-0.3, -0.25) is 23.7 Å². The SMILES string of the molecule is Cc1cnc(CNC(=O)c2cn(-c3nc(CNc4ccccn4)c4ccccn34)cn2)cn1. The van der Waals surface area contributed by atoms with Gasteiger partial charge >= 0.3 is 0 Å². The molecule has 164 valence electrons. The first kappa shape index (κ1) is 20.3. The van der Waals surface area contributed by atoms with Crippen LogP contribution in [0.4, 0.5) is 5.82 Å². The average molecular weight is 439 g/mol. The van der Waals surface area contributed by atoms with Crippen LogP contribution in [0.1, 0.15) is 27.6 Å². The van der Waals surface area contributed by atoms with Crippen LogP contribution < -0.4 is 10.6 Å². The number of amides is 1. The van der Waals surface area contributed by atoms with Crippen molar-refractivity contribution in [2.75, 3.05) is 5.32 Å². The molecule has 2 N–H and O–H groups in total. The quantitative estimate of drug-likeness (QED) is 0.400. The Morgan fingerprint density at radius 1 is 1.00 bits per heavy atom. The minimum Gasteiger partial charge on any atom is -0.364 e. The van der Waals surface area contributed by atoms with Crippen molar-refractivity contribution in [3.8, 4) is 5.95 Å². The van der Waals surface area contributed by atoms with Gasteiger partial charge in [-0.25, -0.2) is 15.0 Å². The van der Waals surface area contributed by atoms with E-state index in [9.17, 15) is 4.79 Å². The fourth-order valence-corrected chi connectivity index (χ4v) is 3.36. The van der Waals surface area contributed by atoms with Crippen LogP contribution in [-0.2, 0) is 13.1 Å². The summed E-state index contributed by atoms with van der Waals surface area (Å²) in [6, 6.07) is 11.6. The van der Waals surface area contributed by atoms with Crippen LogP contribution in [0.2, 0.25) is 0 Å². The van der Waals surface area contributed by atoms with Gasteiger partial charge in [-0.1, -0.05) is 12.1 Å². The molecule has 5 aromatic rings. The molecule has 0 spiro atoms. The van der Waals surface area contributed by atoms with Crippen molar-refractivity contribution in [3.05, 3.63) is 96.5 Å². The van der Waals surface area contributed by atoms with Crippen molar-refractivity contribution in [2.45, 2.75) is 20.0 Å². The van der Waals surface area contributed by atoms with Crippen LogP contribution in [0.5, 0.6) is 0 Å². The van der Waals surface area contributed by atoms with Gasteiger partial charge in [-0.05, 0) is 31.2 Å². The predicted octanol–water partition coefficient (Wildman–Crippen LogP) is 2.56. The standard InChI is InChI=1S/C23H21N9O/c1-16-10-26-17(11-25-16)12-28-22(33)19-14-31(15-29-19)23-30-18(20-6-3-5-9-32(20)23)13-27-21-7-2-4-8-24-21/h2-11,14-15H,12-13H2,1H3,(H,24,27)(H,28,33). The number of carbonyl (C=O) groups is 1. The lowest BCUT2D eigenvalue weighted by atomic mass is 10.3. The van der Waals surface area contributed by atoms with Gasteiger partial charge in [0, 0.05) is 24.8 Å². The lowest BCUT2D eigenvalue weighted by molar-refractivity contribution is 0.0946. The monoisotopic (exact) mass is 439 g/mol. The lowest BCUT2D eigenvalue weighted by Gasteiger charge is -2.03. The number of imidazole rings is 2. The molecule has 0 aliphatic rings. The number of carbonyl (C=O) groups excluding carboxylic acids is 1. The third-order valence-electron chi connectivity index (χ3n) is 5.02. The van der Waals surface area contributed by atoms with E-state index in [1.165, 1.54) is 0 Å². The Morgan fingerprint density at radius 3 is 2.73 bits per heavy atom. The van der Waals surface area contributed by atoms with E-state index in [1.807, 2.05) is 53.9 Å². The van der Waals surface area contributed by atoms with Gasteiger partial charge in [-0.15, -0.1) is 0 Å². The molecule has 0 saturated heterocycles. The Labute approximate surface area is 189 Å². The molecule has 10 nitrogen and oxygen atoms in total. The molecule has 0 aromatic carbocycles. The number of fused-ring (bicyclic) bond motifs is 1. The van der Waals surface area contributed by atoms with Gasteiger partial charge in [0.05, 0.1) is 41.9 Å². The molecule has 5 aromatic heterocycles. The largest absolute Gasteiger partial charge is 0.364 e. The molecular weight excluding hydrogens is 418 g/mol. The number of aryl methyl sites for hydroxylation is 1. The second-order valence-corrected chi connectivity index (χ2v) is 7.38. The number of anilines is 1. The third kappa shape index (κ3) is 4.40. The normalized spacial score (nSPS) is 10.9. The number of pyridine rings is 2. The average Bonchev–Trinajstić information content (AvgIpc) is 3.48. The second kappa shape index (κ2) is 8.87. The summed E-state index contributed by atoms with van der Waals surface area (Å²) in [5.41, 5.74) is 3.60. The Kier molecular flexibility index (Phi) is 5.46. The molecule has 1 amide bonds. The highest BCUT2D eigenvalue weighted by Gasteiger charge is 2.15. The van der Waals surface area contributed by atoms with Crippen LogP contribution in [0, 0.1) is 6.92 Å². The summed E-state index contributed by atoms with van der Waals surface area (Å²) in [6.07, 6.45) is 10.2. The third-order valence-corrected chi connectivity index (χ3v) is 5.02. The van der Waals surface area contributed by atoms with Crippen molar-refractivity contribution < 1.29 is 4.79 Å². The molecule has 0 aliphatic heterocycles. The molecule has 10 heteroatoms. The Bertz CT molecular complexity index is 1390. The fraction of sp³-hybridized carbons (Fsp3) is 0.130. The summed E-state index contributed by atoms with van der Waals surface area (Å²) in [5, 5.41) is 6.11. The van der Waals surface area contributed by atoms with Gasteiger partial charge in [0.15, 0.2) is 0 Å². The molecule has 0 unspecified atom stereocenters. The Morgan fingerprint density at radius 2 is 1.91 bits per heavy atom. The molecule has 33 heavy (non-hydrogen) atoms. The van der Waals surface area contributed by atoms with Crippen LogP contribution in [0.25, 0.3) is 11.5 Å². The smallest absolute Gasteiger partial charge is 0.271 e. The van der Waals surface area contributed by atoms with Crippen LogP contribution in [0.3, 0.4) is 0 Å². The number of nitrogens with one attached hydrogen (secondary N) is 2. The van der Waals surface area contributed by atoms with Crippen molar-refractivity contribution in [1.82, 2.24) is 39.2 Å². The van der Waals surface area contributed by atoms with Gasteiger partial charge in [0.25, 0.3) is 5.91 Å². The Balaban J connectivity index is 1.35. The van der Waals surface area contributed by atoms with Crippen molar-refractivity contribution in [3.63, 3.8) is 0 Å². The van der Waals surface area contributed by atoms with E-state index in [1.54, 1.807) is 35.7 Å². The molecule has 0 bridgehead atoms. The van der Waals surface area contributed by atoms with E-state index in [4.69, 9.17) is 4.98 Å². The molecule has 0 radical (unpaired) electrons. The number of aromatic nitrogens is 7. The first-order chi connectivity index (χ1) is 16.2. The van der Waals surface area contributed by atoms with E-state index < -0.39 is 0 Å². The van der Waals surface area contributed by atoms with E-state index in [0.717, 1.165) is 22.7 Å². The first-order valence-electron chi connectivity index (χ1n) is 10.4. The highest BCUT2D eigenvalue weighted by atomic mass is 16.1. The highest BCUT2D eigenvalue weighted by Crippen LogP contribution is 2.18. The molecule has 0 saturated carbocycles. The van der Waals surface area contributed by atoms with Crippen LogP contribution in [-0.4, -0.2) is 39.8 Å². The topological polar surface area (TPSA) is 115 Å². The van der Waals surface area contributed by atoms with Gasteiger partial charge in [0.2, 0.25) is 5.95 Å². The van der Waals surface area contributed by atoms with Crippen molar-refractivity contribution in [1.29, 1.82) is 0 Å². The maximum Gasteiger partial charge on any atom is 0.271 e. The predicted molar refractivity (Wildman–Crippen MR) is 122 cm³/mol. The number of hydrogen-bond donors (Lipinski definition) is 2. The summed E-state index contributed by atoms with van der Waals surface area (Å²) in [7, 11) is 0. The molecule has 0 atom stereocenters. The summed E-state index contributed by atoms with van der Waals surface area (Å²) in [5.74, 6) is 1.12. The molecule has 5 heterocycles. The maximum atomic E-state index is 12.6. The Hall–Kier alpha value is -4.60. The van der Waals surface area contributed by atoms with Crippen molar-refractivity contribution in [2.24, 2.45) is 0 Å². The fourth-order valence-electron chi connectivity index (χ4n) is 3.36. The zero-order chi connectivity index (χ0) is 22.6. The van der Waals surface area contributed by atoms with E-state index in [-0.39, 0.29) is 18.1 Å². The summed E-state index contributed by atoms with van der Waals surface area (Å²) >= 11 is 0. The summed E-state index contributed by atoms with van der Waals surface area (Å²) in [6.45, 7) is 2.64. The lowest BCUT2D eigenvalue weighted by Crippen LogP contribution is -2.23. The van der Waals surface area contributed by atoms with Gasteiger partial charge in [0.1, 0.15) is 17.8 Å². The summed E-state index contributed by atoms with van der Waals surface area (Å²) in [4.78, 5) is 34.4. The number of nitrogens with zero attached hydrogens (tertiary/aromatic N) is 7. The van der Waals surface area contributed by atoms with Crippen LogP contribution >= 0.6 is 0 Å². The molecule has 0 aliphatic carbocycles. The minimum atomic E-state index is -0.297. The van der Waals surface area contributed by atoms with Crippen LogP contribution in [0.15, 0.2) is 73.7 Å². The van der Waals surface area contributed by atoms with E-state index >= 15 is 0 Å². The van der Waals surface area contributed by atoms with E-state index in [0.29, 0.717) is 18.2 Å². The zero-order valence-electron chi connectivity index (χ0n) is 17.9. The van der Waals surface area contributed by atoms with Gasteiger partial charge in [-0.2, -0.15) is 0 Å². The molecule has 0 fully saturated rings. The van der Waals surface area contributed by atoms with Gasteiger partial charge < -0.3 is 10.6 Å². The first-order valence-corrected chi connectivity index (χ1v) is 10.4. The minimum absolute atomic E-state index is 0.272. The molecule has 5 rings (SSSR count).